The molecule has 0 aliphatic heterocycles. The first kappa shape index (κ1) is 9.31. The highest BCUT2D eigenvalue weighted by Crippen LogP contribution is 2.17. The molecular weight excluding hydrogens is 174 g/mol. The first-order chi connectivity index (χ1) is 6.24. The van der Waals surface area contributed by atoms with Gasteiger partial charge in [-0.15, -0.1) is 10.1 Å². The molecule has 0 saturated carbocycles. The minimum atomic E-state index is -0.827. The molecule has 13 heavy (non-hydrogen) atoms. The number of hydrogen-bond donors (Lipinski definition) is 0. The molecule has 0 aliphatic carbocycles. The van der Waals surface area contributed by atoms with Gasteiger partial charge in [0.25, 0.3) is 5.09 Å². The molecule has 1 aromatic rings. The number of nitrogens with zero attached hydrogens (tertiary/aromatic N) is 1. The van der Waals surface area contributed by atoms with Crippen LogP contribution in [-0.2, 0) is 11.4 Å². The second kappa shape index (κ2) is 4.30. The number of methoxy groups -OCH3 is 1. The molecule has 0 heterocycles. The predicted octanol–water partition coefficient (Wildman–Crippen LogP) is 1.40. The van der Waals surface area contributed by atoms with Gasteiger partial charge in [0.15, 0.2) is 0 Å². The fourth-order valence-corrected chi connectivity index (χ4v) is 0.944. The van der Waals surface area contributed by atoms with Gasteiger partial charge in [0.1, 0.15) is 12.4 Å². The third-order valence-electron chi connectivity index (χ3n) is 1.52. The van der Waals surface area contributed by atoms with Gasteiger partial charge in [-0.2, -0.15) is 0 Å². The van der Waals surface area contributed by atoms with Crippen LogP contribution in [0.25, 0.3) is 0 Å². The number of para-hydroxylation sites is 1. The van der Waals surface area contributed by atoms with Crippen molar-refractivity contribution in [3.63, 3.8) is 0 Å². The average molecular weight is 183 g/mol. The summed E-state index contributed by atoms with van der Waals surface area (Å²) in [5.41, 5.74) is 0.654. The van der Waals surface area contributed by atoms with Gasteiger partial charge in [-0.05, 0) is 6.07 Å². The highest BCUT2D eigenvalue weighted by atomic mass is 16.9. The second-order valence-electron chi connectivity index (χ2n) is 2.31. The van der Waals surface area contributed by atoms with Crippen LogP contribution in [-0.4, -0.2) is 12.2 Å². The van der Waals surface area contributed by atoms with E-state index in [2.05, 4.69) is 4.84 Å². The van der Waals surface area contributed by atoms with Crippen molar-refractivity contribution in [3.8, 4) is 5.75 Å². The van der Waals surface area contributed by atoms with E-state index in [1.54, 1.807) is 24.3 Å². The van der Waals surface area contributed by atoms with Gasteiger partial charge in [-0.25, -0.2) is 0 Å². The van der Waals surface area contributed by atoms with Gasteiger partial charge in [0.2, 0.25) is 0 Å². The molecule has 0 aromatic heterocycles. The first-order valence-corrected chi connectivity index (χ1v) is 3.63. The lowest BCUT2D eigenvalue weighted by Gasteiger charge is -2.05. The zero-order chi connectivity index (χ0) is 9.68. The summed E-state index contributed by atoms with van der Waals surface area (Å²) in [6.45, 7) is -0.0863. The van der Waals surface area contributed by atoms with E-state index in [-0.39, 0.29) is 6.61 Å². The van der Waals surface area contributed by atoms with E-state index >= 15 is 0 Å². The largest absolute Gasteiger partial charge is 0.496 e. The van der Waals surface area contributed by atoms with Crippen molar-refractivity contribution >= 4 is 0 Å². The summed E-state index contributed by atoms with van der Waals surface area (Å²) in [5.74, 6) is 0.587. The fraction of sp³-hybridized carbons (Fsp3) is 0.250. The van der Waals surface area contributed by atoms with Gasteiger partial charge in [-0.3, -0.25) is 0 Å². The molecule has 0 aliphatic rings. The number of hydrogen-bond acceptors (Lipinski definition) is 4. The van der Waals surface area contributed by atoms with Crippen LogP contribution in [0.1, 0.15) is 5.56 Å². The van der Waals surface area contributed by atoms with Gasteiger partial charge in [-0.1, -0.05) is 18.2 Å². The maximum atomic E-state index is 9.91. The monoisotopic (exact) mass is 183 g/mol. The predicted molar refractivity (Wildman–Crippen MR) is 44.8 cm³/mol. The van der Waals surface area contributed by atoms with E-state index in [0.29, 0.717) is 11.3 Å². The zero-order valence-corrected chi connectivity index (χ0v) is 7.10. The molecule has 5 heteroatoms. The summed E-state index contributed by atoms with van der Waals surface area (Å²) in [4.78, 5) is 14.1. The topological polar surface area (TPSA) is 61.6 Å². The molecule has 0 saturated heterocycles. The fourth-order valence-electron chi connectivity index (χ4n) is 0.944. The Balaban J connectivity index is 2.69. The van der Waals surface area contributed by atoms with E-state index in [1.807, 2.05) is 0 Å². The van der Waals surface area contributed by atoms with Gasteiger partial charge in [0.05, 0.1) is 7.11 Å². The minimum Gasteiger partial charge on any atom is -0.496 e. The Morgan fingerprint density at radius 1 is 1.46 bits per heavy atom. The molecule has 1 aromatic carbocycles. The van der Waals surface area contributed by atoms with Crippen molar-refractivity contribution in [1.82, 2.24) is 0 Å². The quantitative estimate of drug-likeness (QED) is 0.523. The van der Waals surface area contributed by atoms with E-state index < -0.39 is 5.09 Å². The van der Waals surface area contributed by atoms with Crippen LogP contribution in [0.5, 0.6) is 5.75 Å². The summed E-state index contributed by atoms with van der Waals surface area (Å²) < 4.78 is 4.98. The molecule has 0 radical (unpaired) electrons. The standard InChI is InChI=1S/C8H9NO4/c1-12-8-5-3-2-4-7(8)6-13-9(10)11/h2-5H,6H2,1H3. The normalized spacial score (nSPS) is 9.31. The minimum absolute atomic E-state index is 0.0863. The van der Waals surface area contributed by atoms with Gasteiger partial charge >= 0.3 is 0 Å². The van der Waals surface area contributed by atoms with Crippen LogP contribution in [0.3, 0.4) is 0 Å². The molecule has 5 nitrogen and oxygen atoms in total. The van der Waals surface area contributed by atoms with Crippen molar-refractivity contribution in [2.45, 2.75) is 6.61 Å². The third-order valence-corrected chi connectivity index (χ3v) is 1.52. The van der Waals surface area contributed by atoms with Crippen molar-refractivity contribution in [2.75, 3.05) is 7.11 Å². The van der Waals surface area contributed by atoms with Gasteiger partial charge < -0.3 is 9.57 Å². The highest BCUT2D eigenvalue weighted by Gasteiger charge is 2.03. The van der Waals surface area contributed by atoms with Crippen molar-refractivity contribution in [3.05, 3.63) is 39.9 Å². The zero-order valence-electron chi connectivity index (χ0n) is 7.10. The molecule has 1 rings (SSSR count). The van der Waals surface area contributed by atoms with Crippen molar-refractivity contribution in [1.29, 1.82) is 0 Å². The van der Waals surface area contributed by atoms with Crippen LogP contribution in [0.15, 0.2) is 24.3 Å². The second-order valence-corrected chi connectivity index (χ2v) is 2.31. The first-order valence-electron chi connectivity index (χ1n) is 3.63. The van der Waals surface area contributed by atoms with Crippen LogP contribution >= 0.6 is 0 Å². The number of benzene rings is 1. The Hall–Kier alpha value is -1.78. The molecule has 0 N–H and O–H groups in total. The summed E-state index contributed by atoms with van der Waals surface area (Å²) >= 11 is 0. The van der Waals surface area contributed by atoms with Gasteiger partial charge in [0, 0.05) is 5.56 Å². The van der Waals surface area contributed by atoms with Crippen molar-refractivity contribution < 1.29 is 14.7 Å². The lowest BCUT2D eigenvalue weighted by atomic mass is 10.2. The smallest absolute Gasteiger partial charge is 0.294 e. The summed E-state index contributed by atoms with van der Waals surface area (Å²) in [7, 11) is 1.50. The maximum absolute atomic E-state index is 9.91. The molecule has 0 amide bonds. The number of ether oxygens (including phenoxy) is 1. The Kier molecular flexibility index (Phi) is 3.08. The van der Waals surface area contributed by atoms with E-state index in [4.69, 9.17) is 4.74 Å². The van der Waals surface area contributed by atoms with E-state index in [0.717, 1.165) is 0 Å². The highest BCUT2D eigenvalue weighted by molar-refractivity contribution is 5.32. The molecule has 70 valence electrons. The van der Waals surface area contributed by atoms with Crippen LogP contribution in [0.4, 0.5) is 0 Å². The van der Waals surface area contributed by atoms with Crippen LogP contribution in [0, 0.1) is 10.1 Å². The Morgan fingerprint density at radius 3 is 2.77 bits per heavy atom. The van der Waals surface area contributed by atoms with Crippen LogP contribution in [0.2, 0.25) is 0 Å². The molecule has 0 unspecified atom stereocenters. The Morgan fingerprint density at radius 2 is 2.15 bits per heavy atom. The van der Waals surface area contributed by atoms with Crippen LogP contribution < -0.4 is 4.74 Å². The van der Waals surface area contributed by atoms with Crippen molar-refractivity contribution in [2.24, 2.45) is 0 Å². The third kappa shape index (κ3) is 2.62. The lowest BCUT2D eigenvalue weighted by Crippen LogP contribution is -2.01. The Bertz CT molecular complexity index is 300. The SMILES string of the molecule is COc1ccccc1CO[N+](=O)[O-]. The Labute approximate surface area is 75.0 Å². The average Bonchev–Trinajstić information content (AvgIpc) is 2.15. The maximum Gasteiger partial charge on any atom is 0.294 e. The lowest BCUT2D eigenvalue weighted by molar-refractivity contribution is -0.763. The number of rotatable bonds is 4. The summed E-state index contributed by atoms with van der Waals surface area (Å²) in [5, 5.41) is 9.09. The molecule has 0 spiro atoms. The summed E-state index contributed by atoms with van der Waals surface area (Å²) in [6.07, 6.45) is 0. The molecule has 0 bridgehead atoms. The molecule has 0 fully saturated rings. The summed E-state index contributed by atoms with van der Waals surface area (Å²) in [6, 6.07) is 6.98. The van der Waals surface area contributed by atoms with E-state index in [1.165, 1.54) is 7.11 Å². The molecular formula is C8H9NO4. The van der Waals surface area contributed by atoms with E-state index in [9.17, 15) is 10.1 Å². The molecule has 0 atom stereocenters.